The number of carbonyl (C=O) groups is 2. The predicted octanol–water partition coefficient (Wildman–Crippen LogP) is 5.12. The Morgan fingerprint density at radius 3 is 2.32 bits per heavy atom. The molecule has 0 saturated carbocycles. The molecule has 1 unspecified atom stereocenters. The molecule has 0 saturated heterocycles. The van der Waals surface area contributed by atoms with Gasteiger partial charge in [0.2, 0.25) is 10.0 Å². The van der Waals surface area contributed by atoms with Crippen molar-refractivity contribution in [3.63, 3.8) is 0 Å². The maximum Gasteiger partial charge on any atom is 0.255 e. The topological polar surface area (TPSA) is 142 Å². The first-order valence-electron chi connectivity index (χ1n) is 12.9. The fourth-order valence-electron chi connectivity index (χ4n) is 4.26. The number of para-hydroxylation sites is 1. The Morgan fingerprint density at radius 1 is 1.00 bits per heavy atom. The Bertz CT molecular complexity index is 1600. The van der Waals surface area contributed by atoms with E-state index in [0.717, 1.165) is 17.4 Å². The number of anilines is 4. The van der Waals surface area contributed by atoms with Gasteiger partial charge >= 0.3 is 0 Å². The largest absolute Gasteiger partial charge is 0.492 e. The van der Waals surface area contributed by atoms with Crippen molar-refractivity contribution < 1.29 is 22.7 Å². The fourth-order valence-corrected chi connectivity index (χ4v) is 4.81. The van der Waals surface area contributed by atoms with Gasteiger partial charge in [-0.15, -0.1) is 0 Å². The van der Waals surface area contributed by atoms with E-state index in [-0.39, 0.29) is 29.3 Å². The second-order valence-electron chi connectivity index (χ2n) is 10.8. The third-order valence-electron chi connectivity index (χ3n) is 6.44. The van der Waals surface area contributed by atoms with Gasteiger partial charge in [-0.3, -0.25) is 14.3 Å². The zero-order valence-corrected chi connectivity index (χ0v) is 24.7. The third kappa shape index (κ3) is 7.20. The number of carbonyl (C=O) groups excluding carboxylic acids is 2. The molecule has 0 spiro atoms. The van der Waals surface area contributed by atoms with Crippen molar-refractivity contribution in [3.05, 3.63) is 77.4 Å². The molecular formula is C29H34N6O5S. The molecule has 3 aromatic carbocycles. The van der Waals surface area contributed by atoms with Crippen molar-refractivity contribution in [1.29, 1.82) is 0 Å². The van der Waals surface area contributed by atoms with Gasteiger partial charge in [-0.25, -0.2) is 13.4 Å². The van der Waals surface area contributed by atoms with Crippen LogP contribution in [-0.4, -0.2) is 46.2 Å². The first-order valence-corrected chi connectivity index (χ1v) is 14.8. The number of sulfonamides is 1. The monoisotopic (exact) mass is 578 g/mol. The first-order chi connectivity index (χ1) is 19.2. The summed E-state index contributed by atoms with van der Waals surface area (Å²) in [4.78, 5) is 26.2. The van der Waals surface area contributed by atoms with Gasteiger partial charge in [-0.2, -0.15) is 5.11 Å². The van der Waals surface area contributed by atoms with Gasteiger partial charge < -0.3 is 15.4 Å². The van der Waals surface area contributed by atoms with Gasteiger partial charge in [-0.1, -0.05) is 50.3 Å². The molecule has 1 heterocycles. The number of rotatable bonds is 8. The molecule has 0 fully saturated rings. The van der Waals surface area contributed by atoms with Crippen molar-refractivity contribution in [3.8, 4) is 5.75 Å². The molecule has 3 N–H and O–H groups in total. The van der Waals surface area contributed by atoms with E-state index in [1.54, 1.807) is 47.5 Å². The van der Waals surface area contributed by atoms with Crippen LogP contribution in [0.4, 0.5) is 22.7 Å². The van der Waals surface area contributed by atoms with Gasteiger partial charge in [0, 0.05) is 11.3 Å². The van der Waals surface area contributed by atoms with Gasteiger partial charge in [0.15, 0.2) is 11.8 Å². The van der Waals surface area contributed by atoms with Crippen molar-refractivity contribution >= 4 is 44.6 Å². The normalized spacial score (nSPS) is 15.0. The number of hydrogen-bond donors (Lipinski definition) is 3. The van der Waals surface area contributed by atoms with Crippen LogP contribution in [0.25, 0.3) is 0 Å². The number of nitrogens with zero attached hydrogens (tertiary/aromatic N) is 3. The maximum absolute atomic E-state index is 13.5. The summed E-state index contributed by atoms with van der Waals surface area (Å²) in [6, 6.07) is 17.0. The van der Waals surface area contributed by atoms with Crippen LogP contribution in [0.3, 0.4) is 0 Å². The van der Waals surface area contributed by atoms with Crippen molar-refractivity contribution in [1.82, 2.24) is 0 Å². The standard InChI is InChI=1S/C29H34N6O5S/c1-18-12-13-19(14-25(18)35-17-24(32-34-35)28(37)30-21-10-8-7-9-11-21)27(36)31-22-15-20(29(2,3)4)16-23(26(22)40-5)33-41(6,38)39/h7-16,24,33H,17H2,1-6H3,(H,30,37)(H,31,36). The van der Waals surface area contributed by atoms with Crippen molar-refractivity contribution in [2.45, 2.75) is 39.2 Å². The van der Waals surface area contributed by atoms with Crippen LogP contribution in [0.5, 0.6) is 5.75 Å². The Morgan fingerprint density at radius 2 is 1.68 bits per heavy atom. The van der Waals surface area contributed by atoms with E-state index in [2.05, 4.69) is 25.7 Å². The maximum atomic E-state index is 13.5. The van der Waals surface area contributed by atoms with Crippen LogP contribution in [0.15, 0.2) is 71.0 Å². The molecule has 1 aliphatic rings. The van der Waals surface area contributed by atoms with Crippen molar-refractivity contribution in [2.75, 3.05) is 40.3 Å². The van der Waals surface area contributed by atoms with Gasteiger partial charge in [0.1, 0.15) is 0 Å². The van der Waals surface area contributed by atoms with E-state index >= 15 is 0 Å². The number of nitrogens with one attached hydrogen (secondary N) is 3. The van der Waals surface area contributed by atoms with Crippen LogP contribution in [-0.2, 0) is 20.2 Å². The molecule has 0 aromatic heterocycles. The number of benzene rings is 3. The minimum Gasteiger partial charge on any atom is -0.492 e. The molecule has 41 heavy (non-hydrogen) atoms. The summed E-state index contributed by atoms with van der Waals surface area (Å²) in [6.07, 6.45) is 1.05. The molecule has 0 bridgehead atoms. The highest BCUT2D eigenvalue weighted by atomic mass is 32.2. The molecule has 1 atom stereocenters. The summed E-state index contributed by atoms with van der Waals surface area (Å²) in [6.45, 7) is 8.04. The SMILES string of the molecule is COc1c(NC(=O)c2ccc(C)c(N3CC(C(=O)Nc4ccccc4)N=N3)c2)cc(C(C)(C)C)cc1NS(C)(=O)=O. The molecule has 1 aliphatic heterocycles. The Kier molecular flexibility index (Phi) is 8.34. The van der Waals surface area contributed by atoms with E-state index in [4.69, 9.17) is 4.74 Å². The molecule has 216 valence electrons. The molecule has 12 heteroatoms. The van der Waals surface area contributed by atoms with E-state index in [1.165, 1.54) is 7.11 Å². The van der Waals surface area contributed by atoms with Gasteiger partial charge in [0.05, 0.1) is 37.0 Å². The molecular weight excluding hydrogens is 544 g/mol. The Balaban J connectivity index is 1.57. The average Bonchev–Trinajstić information content (AvgIpc) is 3.38. The fraction of sp³-hybridized carbons (Fsp3) is 0.310. The zero-order chi connectivity index (χ0) is 29.9. The lowest BCUT2D eigenvalue weighted by Gasteiger charge is -2.24. The second-order valence-corrected chi connectivity index (χ2v) is 12.6. The van der Waals surface area contributed by atoms with Gasteiger partial charge in [-0.05, 0) is 59.9 Å². The third-order valence-corrected chi connectivity index (χ3v) is 7.03. The number of hydrogen-bond acceptors (Lipinski definition) is 8. The van der Waals surface area contributed by atoms with Crippen LogP contribution in [0, 0.1) is 6.92 Å². The van der Waals surface area contributed by atoms with Crippen LogP contribution in [0.2, 0.25) is 0 Å². The van der Waals surface area contributed by atoms with Crippen LogP contribution >= 0.6 is 0 Å². The van der Waals surface area contributed by atoms with Crippen molar-refractivity contribution in [2.24, 2.45) is 10.3 Å². The average molecular weight is 579 g/mol. The molecule has 0 radical (unpaired) electrons. The summed E-state index contributed by atoms with van der Waals surface area (Å²) < 4.78 is 32.1. The highest BCUT2D eigenvalue weighted by Gasteiger charge is 2.29. The number of amides is 2. The highest BCUT2D eigenvalue weighted by Crippen LogP contribution is 2.39. The van der Waals surface area contributed by atoms with Crippen LogP contribution < -0.4 is 25.1 Å². The highest BCUT2D eigenvalue weighted by molar-refractivity contribution is 7.92. The lowest BCUT2D eigenvalue weighted by molar-refractivity contribution is -0.117. The quantitative estimate of drug-likeness (QED) is 0.339. The summed E-state index contributed by atoms with van der Waals surface area (Å²) in [5.74, 6) is -0.529. The molecule has 2 amide bonds. The number of ether oxygens (including phenoxy) is 1. The minimum atomic E-state index is -3.61. The van der Waals surface area contributed by atoms with E-state index < -0.39 is 22.0 Å². The zero-order valence-electron chi connectivity index (χ0n) is 23.8. The first kappa shape index (κ1) is 29.5. The molecule has 3 aromatic rings. The number of aryl methyl sites for hydroxylation is 1. The van der Waals surface area contributed by atoms with E-state index in [1.807, 2.05) is 45.9 Å². The minimum absolute atomic E-state index is 0.185. The lowest BCUT2D eigenvalue weighted by atomic mass is 9.86. The number of methoxy groups -OCH3 is 1. The molecule has 11 nitrogen and oxygen atoms in total. The molecule has 0 aliphatic carbocycles. The van der Waals surface area contributed by atoms with Gasteiger partial charge in [0.25, 0.3) is 11.8 Å². The lowest BCUT2D eigenvalue weighted by Crippen LogP contribution is -2.32. The Hall–Kier alpha value is -4.45. The second kappa shape index (κ2) is 11.6. The summed E-state index contributed by atoms with van der Waals surface area (Å²) in [7, 11) is -2.21. The predicted molar refractivity (Wildman–Crippen MR) is 160 cm³/mol. The van der Waals surface area contributed by atoms with E-state index in [0.29, 0.717) is 22.6 Å². The van der Waals surface area contributed by atoms with E-state index in [9.17, 15) is 18.0 Å². The summed E-state index contributed by atoms with van der Waals surface area (Å²) >= 11 is 0. The summed E-state index contributed by atoms with van der Waals surface area (Å²) in [5, 5.41) is 15.6. The Labute approximate surface area is 240 Å². The van der Waals surface area contributed by atoms with Crippen LogP contribution in [0.1, 0.15) is 42.3 Å². The molecule has 4 rings (SSSR count). The summed E-state index contributed by atoms with van der Waals surface area (Å²) in [5.41, 5.74) is 3.46. The smallest absolute Gasteiger partial charge is 0.255 e.